The number of para-hydroxylation sites is 1. The van der Waals surface area contributed by atoms with Gasteiger partial charge < -0.3 is 9.30 Å². The summed E-state index contributed by atoms with van der Waals surface area (Å²) in [6.45, 7) is 3.38. The zero-order chi connectivity index (χ0) is 13.1. The summed E-state index contributed by atoms with van der Waals surface area (Å²) < 4.78 is 7.80. The maximum atomic E-state index is 5.73. The van der Waals surface area contributed by atoms with Crippen LogP contribution in [0, 0.1) is 6.92 Å². The molecule has 1 aromatic carbocycles. The Balaban J connectivity index is 1.67. The molecule has 19 heavy (non-hydrogen) atoms. The fourth-order valence-corrected chi connectivity index (χ4v) is 2.03. The molecule has 3 aromatic rings. The summed E-state index contributed by atoms with van der Waals surface area (Å²) in [6, 6.07) is 10.0. The molecule has 0 aliphatic carbocycles. The lowest BCUT2D eigenvalue weighted by Crippen LogP contribution is -2.08. The Bertz CT molecular complexity index is 690. The summed E-state index contributed by atoms with van der Waals surface area (Å²) >= 11 is 0. The van der Waals surface area contributed by atoms with Gasteiger partial charge in [-0.25, -0.2) is 4.98 Å². The molecule has 2 aromatic heterocycles. The van der Waals surface area contributed by atoms with Crippen LogP contribution >= 0.6 is 0 Å². The predicted octanol–water partition coefficient (Wildman–Crippen LogP) is 2.82. The van der Waals surface area contributed by atoms with Gasteiger partial charge in [0.25, 0.3) is 0 Å². The van der Waals surface area contributed by atoms with Gasteiger partial charge in [-0.2, -0.15) is 0 Å². The molecule has 0 N–H and O–H groups in total. The molecule has 0 aliphatic heterocycles. The van der Waals surface area contributed by atoms with E-state index in [-0.39, 0.29) is 0 Å². The number of hydrogen-bond acceptors (Lipinski definition) is 3. The number of benzene rings is 1. The Morgan fingerprint density at radius 3 is 2.95 bits per heavy atom. The molecule has 0 atom stereocenters. The molecule has 0 bridgehead atoms. The maximum Gasteiger partial charge on any atom is 0.138 e. The largest absolute Gasteiger partial charge is 0.490 e. The molecular formula is C15H15N3O. The van der Waals surface area contributed by atoms with Crippen molar-refractivity contribution >= 4 is 10.9 Å². The highest BCUT2D eigenvalue weighted by atomic mass is 16.5. The zero-order valence-electron chi connectivity index (χ0n) is 10.8. The van der Waals surface area contributed by atoms with Gasteiger partial charge in [-0.1, -0.05) is 18.2 Å². The van der Waals surface area contributed by atoms with E-state index in [9.17, 15) is 0 Å². The lowest BCUT2D eigenvalue weighted by atomic mass is 10.2. The number of ether oxygens (including phenoxy) is 1. The summed E-state index contributed by atoms with van der Waals surface area (Å²) in [4.78, 5) is 8.55. The number of hydrogen-bond donors (Lipinski definition) is 0. The maximum absolute atomic E-state index is 5.73. The van der Waals surface area contributed by atoms with Crippen molar-refractivity contribution in [3.05, 3.63) is 54.7 Å². The van der Waals surface area contributed by atoms with Gasteiger partial charge in [0.2, 0.25) is 0 Å². The second kappa shape index (κ2) is 5.10. The molecule has 2 heterocycles. The van der Waals surface area contributed by atoms with Crippen molar-refractivity contribution in [3.8, 4) is 5.75 Å². The lowest BCUT2D eigenvalue weighted by Gasteiger charge is -2.08. The third kappa shape index (κ3) is 2.57. The van der Waals surface area contributed by atoms with Gasteiger partial charge >= 0.3 is 0 Å². The van der Waals surface area contributed by atoms with Crippen LogP contribution in [0.2, 0.25) is 0 Å². The highest BCUT2D eigenvalue weighted by Gasteiger charge is 2.00. The number of rotatable bonds is 4. The molecule has 0 spiro atoms. The first-order chi connectivity index (χ1) is 9.33. The SMILES string of the molecule is Cc1nccn1CCOc1cnc2ccccc2c1. The van der Waals surface area contributed by atoms with Gasteiger partial charge in [-0.15, -0.1) is 0 Å². The normalized spacial score (nSPS) is 10.8. The summed E-state index contributed by atoms with van der Waals surface area (Å²) in [7, 11) is 0. The first-order valence-electron chi connectivity index (χ1n) is 6.28. The molecule has 0 amide bonds. The Morgan fingerprint density at radius 2 is 2.11 bits per heavy atom. The van der Waals surface area contributed by atoms with E-state index in [1.807, 2.05) is 43.5 Å². The van der Waals surface area contributed by atoms with Crippen LogP contribution in [0.4, 0.5) is 0 Å². The molecule has 0 unspecified atom stereocenters. The number of aromatic nitrogens is 3. The van der Waals surface area contributed by atoms with Crippen LogP contribution < -0.4 is 4.74 Å². The molecule has 0 fully saturated rings. The van der Waals surface area contributed by atoms with Crippen LogP contribution in [0.15, 0.2) is 48.9 Å². The Kier molecular flexibility index (Phi) is 3.14. The topological polar surface area (TPSA) is 39.9 Å². The lowest BCUT2D eigenvalue weighted by molar-refractivity contribution is 0.296. The summed E-state index contributed by atoms with van der Waals surface area (Å²) in [5, 5.41) is 1.10. The van der Waals surface area contributed by atoms with Gasteiger partial charge in [0.15, 0.2) is 0 Å². The van der Waals surface area contributed by atoms with Crippen LogP contribution in [0.1, 0.15) is 5.82 Å². The van der Waals surface area contributed by atoms with Crippen molar-refractivity contribution in [3.63, 3.8) is 0 Å². The molecule has 3 rings (SSSR count). The molecule has 0 radical (unpaired) electrons. The van der Waals surface area contributed by atoms with Gasteiger partial charge in [-0.05, 0) is 19.1 Å². The van der Waals surface area contributed by atoms with Crippen molar-refractivity contribution in [1.29, 1.82) is 0 Å². The minimum Gasteiger partial charge on any atom is -0.490 e. The predicted molar refractivity (Wildman–Crippen MR) is 74.2 cm³/mol. The Hall–Kier alpha value is -2.36. The van der Waals surface area contributed by atoms with Crippen molar-refractivity contribution in [2.24, 2.45) is 0 Å². The standard InChI is InChI=1S/C15H15N3O/c1-12-16-6-7-18(12)8-9-19-14-10-13-4-2-3-5-15(13)17-11-14/h2-7,10-11H,8-9H2,1H3. The molecule has 0 saturated carbocycles. The highest BCUT2D eigenvalue weighted by molar-refractivity contribution is 5.79. The number of nitrogens with zero attached hydrogens (tertiary/aromatic N) is 3. The highest BCUT2D eigenvalue weighted by Crippen LogP contribution is 2.17. The van der Waals surface area contributed by atoms with Crippen LogP contribution in [0.25, 0.3) is 10.9 Å². The van der Waals surface area contributed by atoms with Crippen molar-refractivity contribution in [2.75, 3.05) is 6.61 Å². The fraction of sp³-hybridized carbons (Fsp3) is 0.200. The minimum absolute atomic E-state index is 0.608. The molecule has 96 valence electrons. The zero-order valence-corrected chi connectivity index (χ0v) is 10.8. The molecule has 4 nitrogen and oxygen atoms in total. The monoisotopic (exact) mass is 253 g/mol. The van der Waals surface area contributed by atoms with E-state index < -0.39 is 0 Å². The van der Waals surface area contributed by atoms with Gasteiger partial charge in [0.05, 0.1) is 18.3 Å². The van der Waals surface area contributed by atoms with Crippen LogP contribution in [0.5, 0.6) is 5.75 Å². The first kappa shape index (κ1) is 11.7. The molecular weight excluding hydrogens is 238 g/mol. The van der Waals surface area contributed by atoms with E-state index in [4.69, 9.17) is 4.74 Å². The Morgan fingerprint density at radius 1 is 1.21 bits per heavy atom. The number of fused-ring (bicyclic) bond motifs is 1. The van der Waals surface area contributed by atoms with E-state index >= 15 is 0 Å². The average molecular weight is 253 g/mol. The van der Waals surface area contributed by atoms with E-state index in [0.717, 1.165) is 29.0 Å². The van der Waals surface area contributed by atoms with E-state index in [1.165, 1.54) is 0 Å². The Labute approximate surface area is 111 Å². The molecule has 4 heteroatoms. The second-order valence-corrected chi connectivity index (χ2v) is 4.38. The van der Waals surface area contributed by atoms with E-state index in [1.54, 1.807) is 12.4 Å². The van der Waals surface area contributed by atoms with Crippen LogP contribution in [-0.2, 0) is 6.54 Å². The smallest absolute Gasteiger partial charge is 0.138 e. The van der Waals surface area contributed by atoms with Crippen molar-refractivity contribution in [2.45, 2.75) is 13.5 Å². The molecule has 0 aliphatic rings. The summed E-state index contributed by atoms with van der Waals surface area (Å²) in [6.07, 6.45) is 5.52. The third-order valence-electron chi connectivity index (χ3n) is 3.09. The quantitative estimate of drug-likeness (QED) is 0.717. The second-order valence-electron chi connectivity index (χ2n) is 4.38. The minimum atomic E-state index is 0.608. The van der Waals surface area contributed by atoms with Gasteiger partial charge in [0.1, 0.15) is 18.2 Å². The van der Waals surface area contributed by atoms with Gasteiger partial charge in [0, 0.05) is 17.8 Å². The fourth-order valence-electron chi connectivity index (χ4n) is 2.03. The summed E-state index contributed by atoms with van der Waals surface area (Å²) in [5.41, 5.74) is 0.986. The van der Waals surface area contributed by atoms with Crippen LogP contribution in [0.3, 0.4) is 0 Å². The molecule has 0 saturated heterocycles. The number of imidazole rings is 1. The number of aryl methyl sites for hydroxylation is 1. The average Bonchev–Trinajstić information content (AvgIpc) is 2.84. The van der Waals surface area contributed by atoms with Crippen LogP contribution in [-0.4, -0.2) is 21.1 Å². The van der Waals surface area contributed by atoms with Gasteiger partial charge in [-0.3, -0.25) is 4.98 Å². The first-order valence-corrected chi connectivity index (χ1v) is 6.28. The van der Waals surface area contributed by atoms with E-state index in [2.05, 4.69) is 14.5 Å². The van der Waals surface area contributed by atoms with Crippen molar-refractivity contribution < 1.29 is 4.74 Å². The van der Waals surface area contributed by atoms with E-state index in [0.29, 0.717) is 6.61 Å². The van der Waals surface area contributed by atoms with Crippen molar-refractivity contribution in [1.82, 2.24) is 14.5 Å². The summed E-state index contributed by atoms with van der Waals surface area (Å²) in [5.74, 6) is 1.80. The third-order valence-corrected chi connectivity index (χ3v) is 3.09. The number of pyridine rings is 1.